The predicted octanol–water partition coefficient (Wildman–Crippen LogP) is 3.96. The van der Waals surface area contributed by atoms with Crippen molar-refractivity contribution >= 4 is 22.6 Å². The first kappa shape index (κ1) is 14.8. The molecule has 3 rings (SSSR count). The number of nitrogens with one attached hydrogen (secondary N) is 1. The Morgan fingerprint density at radius 1 is 1.20 bits per heavy atom. The molecule has 0 aliphatic carbocycles. The van der Waals surface area contributed by atoms with Gasteiger partial charge in [0.25, 0.3) is 0 Å². The van der Waals surface area contributed by atoms with Crippen LogP contribution in [0, 0.1) is 3.57 Å². The molecule has 2 aliphatic rings. The summed E-state index contributed by atoms with van der Waals surface area (Å²) in [5.41, 5.74) is 1.46. The molecule has 0 spiro atoms. The molecule has 1 aromatic carbocycles. The first-order valence-electron chi connectivity index (χ1n) is 7.94. The fraction of sp³-hybridized carbons (Fsp3) is 0.647. The maximum Gasteiger partial charge on any atom is 0.0322 e. The second kappa shape index (κ2) is 6.32. The molecule has 3 unspecified atom stereocenters. The van der Waals surface area contributed by atoms with E-state index < -0.39 is 0 Å². The van der Waals surface area contributed by atoms with Crippen LogP contribution in [-0.2, 0) is 0 Å². The molecule has 0 amide bonds. The topological polar surface area (TPSA) is 15.3 Å². The summed E-state index contributed by atoms with van der Waals surface area (Å²) >= 11 is 2.38. The number of halogens is 1. The monoisotopic (exact) mass is 384 g/mol. The summed E-state index contributed by atoms with van der Waals surface area (Å²) in [6, 6.07) is 11.9. The Morgan fingerprint density at radius 3 is 2.35 bits per heavy atom. The van der Waals surface area contributed by atoms with Gasteiger partial charge < -0.3 is 5.32 Å². The Morgan fingerprint density at radius 2 is 1.80 bits per heavy atom. The van der Waals surface area contributed by atoms with Crippen LogP contribution in [-0.4, -0.2) is 29.6 Å². The highest BCUT2D eigenvalue weighted by atomic mass is 127. The SMILES string of the molecule is CCN(C1CC2CCC(C1)N2)C(C)c1ccc(I)cc1. The molecular formula is C17H25IN2. The van der Waals surface area contributed by atoms with E-state index in [-0.39, 0.29) is 0 Å². The van der Waals surface area contributed by atoms with Crippen LogP contribution in [0.1, 0.15) is 51.1 Å². The zero-order valence-electron chi connectivity index (χ0n) is 12.5. The Kier molecular flexibility index (Phi) is 4.68. The Labute approximate surface area is 136 Å². The van der Waals surface area contributed by atoms with Gasteiger partial charge in [0.15, 0.2) is 0 Å². The summed E-state index contributed by atoms with van der Waals surface area (Å²) in [4.78, 5) is 2.72. The molecule has 2 nitrogen and oxygen atoms in total. The molecule has 2 heterocycles. The number of hydrogen-bond acceptors (Lipinski definition) is 2. The minimum Gasteiger partial charge on any atom is -0.311 e. The maximum absolute atomic E-state index is 3.76. The van der Waals surface area contributed by atoms with E-state index in [4.69, 9.17) is 0 Å². The molecule has 2 aliphatic heterocycles. The third kappa shape index (κ3) is 3.04. The molecular weight excluding hydrogens is 359 g/mol. The fourth-order valence-corrected chi connectivity index (χ4v) is 4.44. The lowest BCUT2D eigenvalue weighted by Crippen LogP contribution is -2.48. The van der Waals surface area contributed by atoms with Crippen molar-refractivity contribution < 1.29 is 0 Å². The van der Waals surface area contributed by atoms with Gasteiger partial charge in [0.05, 0.1) is 0 Å². The first-order chi connectivity index (χ1) is 9.67. The minimum atomic E-state index is 0.527. The van der Waals surface area contributed by atoms with Gasteiger partial charge in [-0.05, 0) is 79.4 Å². The molecule has 1 N–H and O–H groups in total. The van der Waals surface area contributed by atoms with Crippen molar-refractivity contribution in [3.05, 3.63) is 33.4 Å². The highest BCUT2D eigenvalue weighted by Gasteiger charge is 2.36. The molecule has 1 aromatic rings. The molecule has 2 fully saturated rings. The number of nitrogens with zero attached hydrogens (tertiary/aromatic N) is 1. The third-order valence-corrected chi connectivity index (χ3v) is 5.85. The van der Waals surface area contributed by atoms with Gasteiger partial charge in [-0.25, -0.2) is 0 Å². The van der Waals surface area contributed by atoms with E-state index in [1.54, 1.807) is 0 Å². The molecule has 0 aromatic heterocycles. The lowest BCUT2D eigenvalue weighted by molar-refractivity contribution is 0.108. The average Bonchev–Trinajstić information content (AvgIpc) is 2.79. The number of hydrogen-bond donors (Lipinski definition) is 1. The molecule has 2 saturated heterocycles. The predicted molar refractivity (Wildman–Crippen MR) is 92.9 cm³/mol. The van der Waals surface area contributed by atoms with Crippen LogP contribution in [0.25, 0.3) is 0 Å². The van der Waals surface area contributed by atoms with Crippen molar-refractivity contribution in [2.75, 3.05) is 6.54 Å². The minimum absolute atomic E-state index is 0.527. The zero-order valence-corrected chi connectivity index (χ0v) is 14.6. The van der Waals surface area contributed by atoms with E-state index in [2.05, 4.69) is 70.9 Å². The summed E-state index contributed by atoms with van der Waals surface area (Å²) in [5.74, 6) is 0. The molecule has 2 bridgehead atoms. The van der Waals surface area contributed by atoms with Gasteiger partial charge in [0.2, 0.25) is 0 Å². The Balaban J connectivity index is 1.73. The van der Waals surface area contributed by atoms with Gasteiger partial charge >= 0.3 is 0 Å². The summed E-state index contributed by atoms with van der Waals surface area (Å²) in [6.07, 6.45) is 5.44. The van der Waals surface area contributed by atoms with E-state index in [0.29, 0.717) is 6.04 Å². The second-order valence-corrected chi connectivity index (χ2v) is 7.57. The van der Waals surface area contributed by atoms with Crippen LogP contribution in [0.4, 0.5) is 0 Å². The Hall–Kier alpha value is -0.130. The van der Waals surface area contributed by atoms with Crippen molar-refractivity contribution in [2.24, 2.45) is 0 Å². The van der Waals surface area contributed by atoms with Crippen LogP contribution in [0.5, 0.6) is 0 Å². The average molecular weight is 384 g/mol. The lowest BCUT2D eigenvalue weighted by atomic mass is 9.95. The standard InChI is InChI=1S/C17H25IN2/c1-3-20(12(2)13-4-6-14(18)7-5-13)17-10-15-8-9-16(11-17)19-15/h4-7,12,15-17,19H,3,8-11H2,1-2H3. The van der Waals surface area contributed by atoms with Gasteiger partial charge in [0, 0.05) is 27.7 Å². The molecule has 3 atom stereocenters. The van der Waals surface area contributed by atoms with Crippen LogP contribution < -0.4 is 5.32 Å². The van der Waals surface area contributed by atoms with E-state index in [9.17, 15) is 0 Å². The van der Waals surface area contributed by atoms with Gasteiger partial charge in [0.1, 0.15) is 0 Å². The molecule has 3 heteroatoms. The van der Waals surface area contributed by atoms with Crippen molar-refractivity contribution in [1.82, 2.24) is 10.2 Å². The van der Waals surface area contributed by atoms with E-state index in [1.165, 1.54) is 34.8 Å². The van der Waals surface area contributed by atoms with Gasteiger partial charge in [-0.1, -0.05) is 19.1 Å². The first-order valence-corrected chi connectivity index (χ1v) is 9.02. The van der Waals surface area contributed by atoms with Crippen LogP contribution >= 0.6 is 22.6 Å². The third-order valence-electron chi connectivity index (χ3n) is 5.13. The Bertz CT molecular complexity index is 433. The van der Waals surface area contributed by atoms with Crippen molar-refractivity contribution in [3.8, 4) is 0 Å². The van der Waals surface area contributed by atoms with Crippen molar-refractivity contribution in [1.29, 1.82) is 0 Å². The van der Waals surface area contributed by atoms with Gasteiger partial charge in [-0.2, -0.15) is 0 Å². The molecule has 110 valence electrons. The summed E-state index contributed by atoms with van der Waals surface area (Å²) in [7, 11) is 0. The van der Waals surface area contributed by atoms with Crippen molar-refractivity contribution in [3.63, 3.8) is 0 Å². The smallest absolute Gasteiger partial charge is 0.0322 e. The van der Waals surface area contributed by atoms with E-state index in [1.807, 2.05) is 0 Å². The zero-order chi connectivity index (χ0) is 14.1. The van der Waals surface area contributed by atoms with Gasteiger partial charge in [-0.15, -0.1) is 0 Å². The number of piperidine rings is 1. The number of benzene rings is 1. The summed E-state index contributed by atoms with van der Waals surface area (Å²) in [6.45, 7) is 5.83. The molecule has 20 heavy (non-hydrogen) atoms. The largest absolute Gasteiger partial charge is 0.311 e. The summed E-state index contributed by atoms with van der Waals surface area (Å²) in [5, 5.41) is 3.76. The second-order valence-electron chi connectivity index (χ2n) is 6.32. The molecule has 0 radical (unpaired) electrons. The molecule has 0 saturated carbocycles. The highest BCUT2D eigenvalue weighted by Crippen LogP contribution is 2.33. The van der Waals surface area contributed by atoms with Gasteiger partial charge in [-0.3, -0.25) is 4.90 Å². The van der Waals surface area contributed by atoms with Crippen LogP contribution in [0.15, 0.2) is 24.3 Å². The van der Waals surface area contributed by atoms with E-state index in [0.717, 1.165) is 24.7 Å². The quantitative estimate of drug-likeness (QED) is 0.791. The van der Waals surface area contributed by atoms with Crippen LogP contribution in [0.2, 0.25) is 0 Å². The summed E-state index contributed by atoms with van der Waals surface area (Å²) < 4.78 is 1.32. The highest BCUT2D eigenvalue weighted by molar-refractivity contribution is 14.1. The maximum atomic E-state index is 3.76. The van der Waals surface area contributed by atoms with E-state index >= 15 is 0 Å². The normalized spacial score (nSPS) is 30.7. The lowest BCUT2D eigenvalue weighted by Gasteiger charge is -2.40. The van der Waals surface area contributed by atoms with Crippen LogP contribution in [0.3, 0.4) is 0 Å². The number of rotatable bonds is 4. The number of fused-ring (bicyclic) bond motifs is 2. The van der Waals surface area contributed by atoms with Crippen molar-refractivity contribution in [2.45, 2.75) is 63.7 Å². The fourth-order valence-electron chi connectivity index (χ4n) is 4.08.